The molecule has 2 rings (SSSR count). The molecule has 2 saturated heterocycles. The van der Waals surface area contributed by atoms with Crippen LogP contribution in [-0.4, -0.2) is 136 Å². The molecule has 282 valence electrons. The molecular weight excluding hydrogens is 702 g/mol. The molecule has 2 aliphatic rings. The van der Waals surface area contributed by atoms with Crippen LogP contribution in [0.3, 0.4) is 0 Å². The van der Waals surface area contributed by atoms with E-state index in [1.165, 1.54) is 0 Å². The molecule has 0 spiro atoms. The monoisotopic (exact) mass is 741 g/mol. The van der Waals surface area contributed by atoms with Crippen LogP contribution >= 0.6 is 0 Å². The van der Waals surface area contributed by atoms with Gasteiger partial charge in [0.1, 0.15) is 37.3 Å². The molecule has 0 bridgehead atoms. The second-order valence-corrected chi connectivity index (χ2v) is 13.0. The molecule has 50 heavy (non-hydrogen) atoms. The molecule has 2 fully saturated rings. The lowest BCUT2D eigenvalue weighted by atomic mass is 9.96. The summed E-state index contributed by atoms with van der Waals surface area (Å²) in [5.41, 5.74) is 2.85. The van der Waals surface area contributed by atoms with Gasteiger partial charge in [-0.2, -0.15) is 0 Å². The van der Waals surface area contributed by atoms with Gasteiger partial charge in [-0.1, -0.05) is 0 Å². The molecule has 2 heterocycles. The average molecular weight is 742 g/mol. The van der Waals surface area contributed by atoms with Gasteiger partial charge in [0.25, 0.3) is 0 Å². The van der Waals surface area contributed by atoms with Crippen LogP contribution in [0.5, 0.6) is 0 Å². The van der Waals surface area contributed by atoms with E-state index in [2.05, 4.69) is 0 Å². The normalized spacial score (nSPS) is 29.3. The number of amides is 1. The zero-order valence-electron chi connectivity index (χ0n) is 28.0. The van der Waals surface area contributed by atoms with E-state index in [0.29, 0.717) is 0 Å². The van der Waals surface area contributed by atoms with Gasteiger partial charge in [0, 0.05) is 48.5 Å². The fraction of sp³-hybridized carbons (Fsp3) is 0.714. The van der Waals surface area contributed by atoms with Gasteiger partial charge in [-0.05, 0) is 0 Å². The van der Waals surface area contributed by atoms with E-state index in [0.717, 1.165) is 48.5 Å². The number of nitrogens with two attached hydrogens (primary N) is 1. The molecule has 2 aliphatic heterocycles. The number of ether oxygens (including phenoxy) is 10. The van der Waals surface area contributed by atoms with E-state index in [-0.39, 0.29) is 0 Å². The SMILES string of the molecule is CC(=O)OC[C@H]1O[C@@H](S(=O)(=O)CC(N)=O)[C@H](OC(C)=O)[C@@H](OC(C)=O)[C@@H]1O[C@H]1O[C@H](COC(C)=O)[C@@H](OC(C)=O)C(OC(C)=O)C1OC(C)=O. The molecular formula is C28H39NO20S. The maximum Gasteiger partial charge on any atom is 0.303 e. The van der Waals surface area contributed by atoms with Gasteiger partial charge in [0.15, 0.2) is 52.1 Å². The quantitative estimate of drug-likeness (QED) is 0.142. The molecule has 0 aromatic rings. The van der Waals surface area contributed by atoms with Gasteiger partial charge in [-0.15, -0.1) is 0 Å². The Hall–Kier alpha value is -4.41. The van der Waals surface area contributed by atoms with Crippen molar-refractivity contribution in [3.05, 3.63) is 0 Å². The highest BCUT2D eigenvalue weighted by Crippen LogP contribution is 2.36. The number of carbonyl (C=O) groups excluding carboxylic acids is 8. The first-order valence-corrected chi connectivity index (χ1v) is 16.4. The highest BCUT2D eigenvalue weighted by atomic mass is 32.2. The van der Waals surface area contributed by atoms with Crippen LogP contribution in [0.4, 0.5) is 0 Å². The standard InChI is InChI=1S/C28H39NO20S/c1-11(30)40-8-18-21(42-13(3)32)23(43-14(4)33)25(45-16(6)35)27(47-18)49-22-19(9-41-12(2)31)48-28(50(38,39)10-20(29)37)26(46-17(7)36)24(22)44-15(5)34/h18-19,21-28H,8-10H2,1-7H3,(H2,29,37)/t18-,19-,21-,22-,23?,24+,25?,26-,27-,28+/m1/s1. The summed E-state index contributed by atoms with van der Waals surface area (Å²) < 4.78 is 81.1. The van der Waals surface area contributed by atoms with E-state index in [1.54, 1.807) is 0 Å². The number of hydrogen-bond donors (Lipinski definition) is 1. The van der Waals surface area contributed by atoms with Crippen molar-refractivity contribution in [2.45, 2.75) is 109 Å². The third-order valence-electron chi connectivity index (χ3n) is 6.58. The number of rotatable bonds is 14. The van der Waals surface area contributed by atoms with Gasteiger partial charge < -0.3 is 53.1 Å². The first kappa shape index (κ1) is 41.8. The first-order valence-electron chi connectivity index (χ1n) is 14.7. The zero-order chi connectivity index (χ0) is 38.1. The van der Waals surface area contributed by atoms with Crippen LogP contribution in [0, 0.1) is 0 Å². The molecule has 0 aromatic carbocycles. The van der Waals surface area contributed by atoms with Gasteiger partial charge in [0.05, 0.1) is 0 Å². The minimum absolute atomic E-state index is 0.660. The second kappa shape index (κ2) is 18.0. The summed E-state index contributed by atoms with van der Waals surface area (Å²) in [4.78, 5) is 96.4. The van der Waals surface area contributed by atoms with Crippen molar-refractivity contribution in [2.24, 2.45) is 5.73 Å². The Morgan fingerprint density at radius 1 is 0.520 bits per heavy atom. The second-order valence-electron chi connectivity index (χ2n) is 10.9. The van der Waals surface area contributed by atoms with Crippen LogP contribution < -0.4 is 5.73 Å². The van der Waals surface area contributed by atoms with Crippen LogP contribution in [0.15, 0.2) is 0 Å². The van der Waals surface area contributed by atoms with E-state index < -0.39 is 137 Å². The Morgan fingerprint density at radius 2 is 0.900 bits per heavy atom. The zero-order valence-corrected chi connectivity index (χ0v) is 28.9. The van der Waals surface area contributed by atoms with E-state index >= 15 is 0 Å². The average Bonchev–Trinajstić information content (AvgIpc) is 2.94. The summed E-state index contributed by atoms with van der Waals surface area (Å²) in [5.74, 6) is -9.46. The van der Waals surface area contributed by atoms with Crippen molar-refractivity contribution in [2.75, 3.05) is 19.0 Å². The lowest BCUT2D eigenvalue weighted by molar-refractivity contribution is -0.341. The summed E-state index contributed by atoms with van der Waals surface area (Å²) in [6.45, 7) is 5.26. The largest absolute Gasteiger partial charge is 0.463 e. The van der Waals surface area contributed by atoms with Crippen molar-refractivity contribution in [3.63, 3.8) is 0 Å². The Labute approximate surface area is 285 Å². The fourth-order valence-corrected chi connectivity index (χ4v) is 6.53. The predicted molar refractivity (Wildman–Crippen MR) is 156 cm³/mol. The van der Waals surface area contributed by atoms with Crippen molar-refractivity contribution >= 4 is 57.5 Å². The van der Waals surface area contributed by atoms with Gasteiger partial charge in [0.2, 0.25) is 5.91 Å². The smallest absolute Gasteiger partial charge is 0.303 e. The maximum atomic E-state index is 13.3. The summed E-state index contributed by atoms with van der Waals surface area (Å²) >= 11 is 0. The summed E-state index contributed by atoms with van der Waals surface area (Å²) in [5, 5.41) is 0. The summed E-state index contributed by atoms with van der Waals surface area (Å²) in [7, 11) is -4.78. The van der Waals surface area contributed by atoms with Crippen molar-refractivity contribution in [1.82, 2.24) is 0 Å². The van der Waals surface area contributed by atoms with E-state index in [1.807, 2.05) is 0 Å². The Kier molecular flexibility index (Phi) is 15.0. The minimum atomic E-state index is -4.78. The molecule has 0 saturated carbocycles. The molecule has 21 nitrogen and oxygen atoms in total. The number of carbonyl (C=O) groups is 8. The van der Waals surface area contributed by atoms with E-state index in [4.69, 9.17) is 53.1 Å². The third-order valence-corrected chi connectivity index (χ3v) is 8.36. The van der Waals surface area contributed by atoms with Gasteiger partial charge in [-0.25, -0.2) is 8.42 Å². The number of sulfone groups is 1. The van der Waals surface area contributed by atoms with Gasteiger partial charge in [-0.3, -0.25) is 38.4 Å². The summed E-state index contributed by atoms with van der Waals surface area (Å²) in [6.07, 6.45) is -16.3. The Morgan fingerprint density at radius 3 is 1.32 bits per heavy atom. The molecule has 2 unspecified atom stereocenters. The molecule has 22 heteroatoms. The van der Waals surface area contributed by atoms with Crippen molar-refractivity contribution < 1.29 is 94.1 Å². The molecule has 0 radical (unpaired) electrons. The lowest BCUT2D eigenvalue weighted by Crippen LogP contribution is -2.68. The molecule has 1 amide bonds. The van der Waals surface area contributed by atoms with E-state index in [9.17, 15) is 46.8 Å². The van der Waals surface area contributed by atoms with Gasteiger partial charge >= 0.3 is 41.8 Å². The highest BCUT2D eigenvalue weighted by Gasteiger charge is 2.59. The molecule has 0 aromatic heterocycles. The van der Waals surface area contributed by atoms with Crippen LogP contribution in [-0.2, 0) is 95.6 Å². The summed E-state index contributed by atoms with van der Waals surface area (Å²) in [6, 6.07) is 0. The predicted octanol–water partition coefficient (Wildman–Crippen LogP) is -2.49. The number of esters is 7. The number of hydrogen-bond acceptors (Lipinski definition) is 20. The maximum absolute atomic E-state index is 13.3. The van der Waals surface area contributed by atoms with Crippen LogP contribution in [0.25, 0.3) is 0 Å². The first-order chi connectivity index (χ1) is 23.1. The fourth-order valence-electron chi connectivity index (χ4n) is 5.04. The number of primary amides is 1. The molecule has 2 N–H and O–H groups in total. The van der Waals surface area contributed by atoms with Crippen molar-refractivity contribution in [3.8, 4) is 0 Å². The topological polar surface area (TPSA) is 289 Å². The minimum Gasteiger partial charge on any atom is -0.463 e. The third kappa shape index (κ3) is 12.2. The van der Waals surface area contributed by atoms with Crippen LogP contribution in [0.2, 0.25) is 0 Å². The Bertz CT molecular complexity index is 1430. The molecule has 10 atom stereocenters. The highest BCUT2D eigenvalue weighted by molar-refractivity contribution is 7.92. The Balaban J connectivity index is 2.82. The van der Waals surface area contributed by atoms with Crippen molar-refractivity contribution in [1.29, 1.82) is 0 Å². The lowest BCUT2D eigenvalue weighted by Gasteiger charge is -2.48. The van der Waals surface area contributed by atoms with Crippen LogP contribution in [0.1, 0.15) is 48.5 Å². The molecule has 0 aliphatic carbocycles.